The van der Waals surface area contributed by atoms with Gasteiger partial charge in [0.1, 0.15) is 0 Å². The second-order valence-corrected chi connectivity index (χ2v) is 5.68. The Balaban J connectivity index is 2.17. The number of hydrogen-bond donors (Lipinski definition) is 2. The summed E-state index contributed by atoms with van der Waals surface area (Å²) in [6.45, 7) is 5.62. The molecule has 3 unspecified atom stereocenters. The third-order valence-electron chi connectivity index (χ3n) is 4.61. The monoisotopic (exact) mass is 253 g/mol. The summed E-state index contributed by atoms with van der Waals surface area (Å²) in [5.41, 5.74) is 5.27. The minimum absolute atomic E-state index is 0.0124. The van der Waals surface area contributed by atoms with Crippen LogP contribution in [0.1, 0.15) is 33.1 Å². The van der Waals surface area contributed by atoms with Gasteiger partial charge in [-0.3, -0.25) is 9.59 Å². The number of likely N-dealkylation sites (tertiary alicyclic amines) is 1. The molecule has 0 aromatic carbocycles. The number of piperidine rings is 1. The predicted octanol–water partition coefficient (Wildman–Crippen LogP) is 0.0984. The molecule has 0 aliphatic carbocycles. The molecule has 0 bridgehead atoms. The largest absolute Gasteiger partial charge is 0.354 e. The highest BCUT2D eigenvalue weighted by atomic mass is 16.2. The lowest BCUT2D eigenvalue weighted by atomic mass is 9.83. The molecular formula is C13H23N3O2. The molecule has 0 aromatic heterocycles. The maximum Gasteiger partial charge on any atom is 0.230 e. The topological polar surface area (TPSA) is 75.4 Å². The summed E-state index contributed by atoms with van der Waals surface area (Å²) in [5, 5.41) is 2.87. The van der Waals surface area contributed by atoms with Crippen LogP contribution < -0.4 is 11.1 Å². The van der Waals surface area contributed by atoms with Crippen LogP contribution in [-0.2, 0) is 9.59 Å². The second-order valence-electron chi connectivity index (χ2n) is 5.68. The van der Waals surface area contributed by atoms with E-state index in [2.05, 4.69) is 5.32 Å². The van der Waals surface area contributed by atoms with Gasteiger partial charge in [0.15, 0.2) is 0 Å². The van der Waals surface area contributed by atoms with Crippen molar-refractivity contribution in [3.8, 4) is 0 Å². The number of nitrogens with two attached hydrogens (primary N) is 1. The van der Waals surface area contributed by atoms with Crippen LogP contribution >= 0.6 is 0 Å². The van der Waals surface area contributed by atoms with Gasteiger partial charge in [0.25, 0.3) is 0 Å². The third kappa shape index (κ3) is 2.00. The van der Waals surface area contributed by atoms with Crippen LogP contribution in [0.15, 0.2) is 0 Å². The molecule has 2 rings (SSSR count). The number of fused-ring (bicyclic) bond motifs is 1. The van der Waals surface area contributed by atoms with Crippen molar-refractivity contribution in [3.63, 3.8) is 0 Å². The number of hydrogen-bond acceptors (Lipinski definition) is 3. The molecule has 2 aliphatic rings. The van der Waals surface area contributed by atoms with Crippen molar-refractivity contribution in [1.29, 1.82) is 0 Å². The Morgan fingerprint density at radius 1 is 1.61 bits per heavy atom. The molecule has 5 heteroatoms. The van der Waals surface area contributed by atoms with E-state index in [-0.39, 0.29) is 23.8 Å². The van der Waals surface area contributed by atoms with Crippen molar-refractivity contribution in [1.82, 2.24) is 10.2 Å². The van der Waals surface area contributed by atoms with Gasteiger partial charge in [0.05, 0.1) is 17.4 Å². The van der Waals surface area contributed by atoms with Gasteiger partial charge in [-0.1, -0.05) is 6.92 Å². The number of rotatable bonds is 3. The summed E-state index contributed by atoms with van der Waals surface area (Å²) in [5.74, 6) is 0.198. The zero-order valence-electron chi connectivity index (χ0n) is 11.2. The quantitative estimate of drug-likeness (QED) is 0.749. The molecule has 2 saturated heterocycles. The average molecular weight is 253 g/mol. The minimum atomic E-state index is -0.493. The lowest BCUT2D eigenvalue weighted by Gasteiger charge is -2.41. The maximum absolute atomic E-state index is 12.6. The van der Waals surface area contributed by atoms with Gasteiger partial charge in [-0.05, 0) is 26.2 Å². The van der Waals surface area contributed by atoms with Crippen LogP contribution in [0.2, 0.25) is 0 Å². The number of carbonyl (C=O) groups is 2. The normalized spacial score (nSPS) is 30.6. The van der Waals surface area contributed by atoms with Crippen molar-refractivity contribution >= 4 is 11.8 Å². The van der Waals surface area contributed by atoms with E-state index in [1.807, 2.05) is 18.7 Å². The van der Waals surface area contributed by atoms with Gasteiger partial charge in [0, 0.05) is 19.6 Å². The van der Waals surface area contributed by atoms with E-state index in [4.69, 9.17) is 5.73 Å². The number of amides is 2. The fourth-order valence-electron chi connectivity index (χ4n) is 2.93. The Labute approximate surface area is 108 Å². The first-order chi connectivity index (χ1) is 8.53. The van der Waals surface area contributed by atoms with E-state index < -0.39 is 5.41 Å². The van der Waals surface area contributed by atoms with E-state index in [0.29, 0.717) is 13.1 Å². The minimum Gasteiger partial charge on any atom is -0.354 e. The van der Waals surface area contributed by atoms with Gasteiger partial charge in [-0.2, -0.15) is 0 Å². The Bertz CT molecular complexity index is 352. The van der Waals surface area contributed by atoms with Crippen molar-refractivity contribution in [3.05, 3.63) is 0 Å². The Morgan fingerprint density at radius 3 is 2.94 bits per heavy atom. The molecule has 5 nitrogen and oxygen atoms in total. The molecule has 3 atom stereocenters. The standard InChI is InChI=1S/C13H23N3O2/c1-3-13(2,8-14)12(18)16-6-4-5-9-10(16)7-15-11(9)17/h9-10H,3-8,14H2,1-2H3,(H,15,17). The lowest BCUT2D eigenvalue weighted by molar-refractivity contribution is -0.146. The smallest absolute Gasteiger partial charge is 0.230 e. The first-order valence-corrected chi connectivity index (χ1v) is 6.82. The molecule has 0 saturated carbocycles. The van der Waals surface area contributed by atoms with Crippen LogP contribution in [0.3, 0.4) is 0 Å². The number of carbonyl (C=O) groups excluding carboxylic acids is 2. The molecule has 102 valence electrons. The summed E-state index contributed by atoms with van der Waals surface area (Å²) in [6.07, 6.45) is 2.54. The van der Waals surface area contributed by atoms with E-state index >= 15 is 0 Å². The summed E-state index contributed by atoms with van der Waals surface area (Å²) in [7, 11) is 0. The zero-order valence-corrected chi connectivity index (χ0v) is 11.2. The molecule has 18 heavy (non-hydrogen) atoms. The summed E-state index contributed by atoms with van der Waals surface area (Å²) >= 11 is 0. The van der Waals surface area contributed by atoms with Crippen molar-refractivity contribution < 1.29 is 9.59 Å². The van der Waals surface area contributed by atoms with Gasteiger partial charge >= 0.3 is 0 Å². The first-order valence-electron chi connectivity index (χ1n) is 6.82. The molecule has 0 aromatic rings. The molecule has 2 amide bonds. The SMILES string of the molecule is CCC(C)(CN)C(=O)N1CCCC2C(=O)NCC21. The zero-order chi connectivity index (χ0) is 13.3. The van der Waals surface area contributed by atoms with Gasteiger partial charge in [0.2, 0.25) is 11.8 Å². The highest BCUT2D eigenvalue weighted by molar-refractivity contribution is 5.87. The Hall–Kier alpha value is -1.10. The van der Waals surface area contributed by atoms with Gasteiger partial charge < -0.3 is 16.0 Å². The average Bonchev–Trinajstić information content (AvgIpc) is 2.79. The third-order valence-corrected chi connectivity index (χ3v) is 4.61. The Kier molecular flexibility index (Phi) is 3.61. The predicted molar refractivity (Wildman–Crippen MR) is 68.7 cm³/mol. The summed E-state index contributed by atoms with van der Waals surface area (Å²) in [6, 6.07) is 0.0381. The van der Waals surface area contributed by atoms with Crippen molar-refractivity contribution in [2.75, 3.05) is 19.6 Å². The van der Waals surface area contributed by atoms with Gasteiger partial charge in [-0.25, -0.2) is 0 Å². The van der Waals surface area contributed by atoms with Crippen LogP contribution in [0, 0.1) is 11.3 Å². The Morgan fingerprint density at radius 2 is 2.33 bits per heavy atom. The lowest BCUT2D eigenvalue weighted by Crippen LogP contribution is -2.55. The summed E-state index contributed by atoms with van der Waals surface area (Å²) in [4.78, 5) is 26.2. The number of nitrogens with zero attached hydrogens (tertiary/aromatic N) is 1. The number of nitrogens with one attached hydrogen (secondary N) is 1. The van der Waals surface area contributed by atoms with Crippen LogP contribution in [0.4, 0.5) is 0 Å². The molecule has 0 spiro atoms. The highest BCUT2D eigenvalue weighted by Gasteiger charge is 2.45. The van der Waals surface area contributed by atoms with Crippen molar-refractivity contribution in [2.45, 2.75) is 39.2 Å². The highest BCUT2D eigenvalue weighted by Crippen LogP contribution is 2.32. The molecule has 2 fully saturated rings. The molecule has 3 N–H and O–H groups in total. The van der Waals surface area contributed by atoms with E-state index in [9.17, 15) is 9.59 Å². The van der Waals surface area contributed by atoms with Gasteiger partial charge in [-0.15, -0.1) is 0 Å². The van der Waals surface area contributed by atoms with E-state index in [1.54, 1.807) is 0 Å². The van der Waals surface area contributed by atoms with Crippen LogP contribution in [0.25, 0.3) is 0 Å². The van der Waals surface area contributed by atoms with Crippen LogP contribution in [-0.4, -0.2) is 42.4 Å². The fraction of sp³-hybridized carbons (Fsp3) is 0.846. The summed E-state index contributed by atoms with van der Waals surface area (Å²) < 4.78 is 0. The fourth-order valence-corrected chi connectivity index (χ4v) is 2.93. The molecule has 0 radical (unpaired) electrons. The van der Waals surface area contributed by atoms with E-state index in [1.165, 1.54) is 0 Å². The van der Waals surface area contributed by atoms with E-state index in [0.717, 1.165) is 25.8 Å². The molecule has 2 heterocycles. The second kappa shape index (κ2) is 4.88. The van der Waals surface area contributed by atoms with Crippen molar-refractivity contribution in [2.24, 2.45) is 17.1 Å². The molecular weight excluding hydrogens is 230 g/mol. The molecule has 2 aliphatic heterocycles. The maximum atomic E-state index is 12.6. The first kappa shape index (κ1) is 13.3. The van der Waals surface area contributed by atoms with Crippen LogP contribution in [0.5, 0.6) is 0 Å².